The van der Waals surface area contributed by atoms with Crippen LogP contribution >= 0.6 is 11.6 Å². The molecule has 0 saturated carbocycles. The standard InChI is InChI=1S/C14H22ClN5O/c1-18-14(21)9-19-2-4-20(5-3-19)13-7-10(15)6-12(17)11(13)8-16/h6-7H,2-5,8-9,16-17H2,1H3,(H,18,21). The SMILES string of the molecule is CNC(=O)CN1CCN(c2cc(Cl)cc(N)c2CN)CC1. The van der Waals surface area contributed by atoms with Gasteiger partial charge in [-0.2, -0.15) is 0 Å². The smallest absolute Gasteiger partial charge is 0.233 e. The molecule has 0 aliphatic carbocycles. The Kier molecular flexibility index (Phi) is 5.27. The second-order valence-electron chi connectivity index (χ2n) is 5.13. The molecule has 1 amide bonds. The number of nitrogen functional groups attached to an aromatic ring is 1. The van der Waals surface area contributed by atoms with Crippen LogP contribution in [-0.4, -0.2) is 50.6 Å². The van der Waals surface area contributed by atoms with Gasteiger partial charge in [-0.25, -0.2) is 0 Å². The van der Waals surface area contributed by atoms with E-state index in [9.17, 15) is 4.79 Å². The van der Waals surface area contributed by atoms with Gasteiger partial charge in [-0.05, 0) is 12.1 Å². The van der Waals surface area contributed by atoms with Gasteiger partial charge in [-0.1, -0.05) is 11.6 Å². The summed E-state index contributed by atoms with van der Waals surface area (Å²) in [5.41, 5.74) is 14.4. The van der Waals surface area contributed by atoms with E-state index in [1.165, 1.54) is 0 Å². The van der Waals surface area contributed by atoms with Crippen LogP contribution in [0.1, 0.15) is 5.56 Å². The number of nitrogens with two attached hydrogens (primary N) is 2. The van der Waals surface area contributed by atoms with E-state index in [1.54, 1.807) is 13.1 Å². The van der Waals surface area contributed by atoms with Gasteiger partial charge >= 0.3 is 0 Å². The maximum Gasteiger partial charge on any atom is 0.233 e. The fourth-order valence-corrected chi connectivity index (χ4v) is 2.80. The lowest BCUT2D eigenvalue weighted by Crippen LogP contribution is -2.49. The molecule has 1 aliphatic heterocycles. The summed E-state index contributed by atoms with van der Waals surface area (Å²) in [5, 5.41) is 3.26. The molecular weight excluding hydrogens is 290 g/mol. The monoisotopic (exact) mass is 311 g/mol. The number of piperazine rings is 1. The molecular formula is C14H22ClN5O. The zero-order valence-corrected chi connectivity index (χ0v) is 13.0. The van der Waals surface area contributed by atoms with E-state index in [2.05, 4.69) is 15.1 Å². The number of hydrogen-bond donors (Lipinski definition) is 3. The third-order valence-corrected chi connectivity index (χ3v) is 4.01. The maximum absolute atomic E-state index is 11.4. The lowest BCUT2D eigenvalue weighted by Gasteiger charge is -2.36. The van der Waals surface area contributed by atoms with Gasteiger partial charge in [0.25, 0.3) is 0 Å². The minimum atomic E-state index is 0.0399. The van der Waals surface area contributed by atoms with Gasteiger partial charge in [0.05, 0.1) is 6.54 Å². The third-order valence-electron chi connectivity index (χ3n) is 3.79. The molecule has 0 aromatic heterocycles. The number of nitrogens with zero attached hydrogens (tertiary/aromatic N) is 2. The molecule has 1 aliphatic rings. The average Bonchev–Trinajstić information content (AvgIpc) is 2.47. The van der Waals surface area contributed by atoms with Crippen molar-refractivity contribution >= 4 is 28.9 Å². The van der Waals surface area contributed by atoms with Crippen molar-refractivity contribution in [3.63, 3.8) is 0 Å². The van der Waals surface area contributed by atoms with E-state index in [-0.39, 0.29) is 5.91 Å². The van der Waals surface area contributed by atoms with Gasteiger partial charge in [0, 0.05) is 61.7 Å². The second-order valence-corrected chi connectivity index (χ2v) is 5.57. The van der Waals surface area contributed by atoms with Crippen LogP contribution in [0.4, 0.5) is 11.4 Å². The van der Waals surface area contributed by atoms with Crippen LogP contribution in [-0.2, 0) is 11.3 Å². The van der Waals surface area contributed by atoms with Crippen molar-refractivity contribution in [2.45, 2.75) is 6.54 Å². The highest BCUT2D eigenvalue weighted by Crippen LogP contribution is 2.30. The molecule has 116 valence electrons. The Morgan fingerprint density at radius 2 is 2.00 bits per heavy atom. The fourth-order valence-electron chi connectivity index (χ4n) is 2.58. The second kappa shape index (κ2) is 6.98. The van der Waals surface area contributed by atoms with E-state index >= 15 is 0 Å². The molecule has 0 spiro atoms. The molecule has 0 atom stereocenters. The number of carbonyl (C=O) groups excluding carboxylic acids is 1. The molecule has 1 aromatic carbocycles. The van der Waals surface area contributed by atoms with E-state index < -0.39 is 0 Å². The van der Waals surface area contributed by atoms with E-state index in [0.29, 0.717) is 23.8 Å². The first-order valence-corrected chi connectivity index (χ1v) is 7.38. The van der Waals surface area contributed by atoms with Crippen LogP contribution in [0.3, 0.4) is 0 Å². The quantitative estimate of drug-likeness (QED) is 0.694. The summed E-state index contributed by atoms with van der Waals surface area (Å²) < 4.78 is 0. The summed E-state index contributed by atoms with van der Waals surface area (Å²) >= 11 is 6.10. The van der Waals surface area contributed by atoms with E-state index in [4.69, 9.17) is 23.1 Å². The highest BCUT2D eigenvalue weighted by molar-refractivity contribution is 6.31. The first kappa shape index (κ1) is 15.9. The van der Waals surface area contributed by atoms with Gasteiger partial charge in [0.2, 0.25) is 5.91 Å². The number of likely N-dealkylation sites (N-methyl/N-ethyl adjacent to an activating group) is 1. The van der Waals surface area contributed by atoms with Crippen LogP contribution in [0, 0.1) is 0 Å². The summed E-state index contributed by atoms with van der Waals surface area (Å²) in [6.07, 6.45) is 0. The zero-order valence-electron chi connectivity index (χ0n) is 12.2. The predicted octanol–water partition coefficient (Wildman–Crippen LogP) is 0.249. The van der Waals surface area contributed by atoms with Crippen molar-refractivity contribution in [1.82, 2.24) is 10.2 Å². The summed E-state index contributed by atoms with van der Waals surface area (Å²) in [4.78, 5) is 15.8. The van der Waals surface area contributed by atoms with Crippen molar-refractivity contribution in [1.29, 1.82) is 0 Å². The molecule has 7 heteroatoms. The molecule has 6 nitrogen and oxygen atoms in total. The zero-order chi connectivity index (χ0) is 15.4. The number of carbonyl (C=O) groups is 1. The van der Waals surface area contributed by atoms with Crippen LogP contribution < -0.4 is 21.7 Å². The van der Waals surface area contributed by atoms with E-state index in [1.807, 2.05) is 6.07 Å². The molecule has 0 radical (unpaired) electrons. The highest BCUT2D eigenvalue weighted by Gasteiger charge is 2.21. The van der Waals surface area contributed by atoms with Crippen LogP contribution in [0.2, 0.25) is 5.02 Å². The summed E-state index contributed by atoms with van der Waals surface area (Å²) in [5.74, 6) is 0.0399. The fraction of sp³-hybridized carbons (Fsp3) is 0.500. The molecule has 1 aromatic rings. The Morgan fingerprint density at radius 3 is 2.57 bits per heavy atom. The number of benzene rings is 1. The number of hydrogen-bond acceptors (Lipinski definition) is 5. The molecule has 5 N–H and O–H groups in total. The summed E-state index contributed by atoms with van der Waals surface area (Å²) in [6.45, 7) is 4.11. The summed E-state index contributed by atoms with van der Waals surface area (Å²) in [7, 11) is 1.65. The van der Waals surface area contributed by atoms with Crippen LogP contribution in [0.25, 0.3) is 0 Å². The minimum absolute atomic E-state index is 0.0399. The van der Waals surface area contributed by atoms with Gasteiger partial charge < -0.3 is 21.7 Å². The van der Waals surface area contributed by atoms with E-state index in [0.717, 1.165) is 37.4 Å². The molecule has 1 heterocycles. The predicted molar refractivity (Wildman–Crippen MR) is 86.5 cm³/mol. The Balaban J connectivity index is 2.07. The Morgan fingerprint density at radius 1 is 1.33 bits per heavy atom. The lowest BCUT2D eigenvalue weighted by molar-refractivity contribution is -0.121. The molecule has 0 unspecified atom stereocenters. The first-order chi connectivity index (χ1) is 10.0. The lowest BCUT2D eigenvalue weighted by atomic mass is 10.1. The average molecular weight is 312 g/mol. The maximum atomic E-state index is 11.4. The van der Waals surface area contributed by atoms with Gasteiger partial charge in [-0.15, -0.1) is 0 Å². The largest absolute Gasteiger partial charge is 0.398 e. The number of rotatable bonds is 4. The van der Waals surface area contributed by atoms with Crippen molar-refractivity contribution in [3.8, 4) is 0 Å². The highest BCUT2D eigenvalue weighted by atomic mass is 35.5. The third kappa shape index (κ3) is 3.78. The van der Waals surface area contributed by atoms with Gasteiger partial charge in [0.1, 0.15) is 0 Å². The minimum Gasteiger partial charge on any atom is -0.398 e. The Labute approximate surface area is 130 Å². The van der Waals surface area contributed by atoms with Crippen molar-refractivity contribution < 1.29 is 4.79 Å². The van der Waals surface area contributed by atoms with Crippen LogP contribution in [0.15, 0.2) is 12.1 Å². The Bertz CT molecular complexity index is 514. The normalized spacial score (nSPS) is 16.0. The molecule has 0 bridgehead atoms. The molecule has 2 rings (SSSR count). The van der Waals surface area contributed by atoms with Crippen molar-refractivity contribution in [2.75, 3.05) is 50.4 Å². The Hall–Kier alpha value is -1.50. The van der Waals surface area contributed by atoms with Crippen molar-refractivity contribution in [3.05, 3.63) is 22.7 Å². The molecule has 1 saturated heterocycles. The number of anilines is 2. The van der Waals surface area contributed by atoms with Crippen LogP contribution in [0.5, 0.6) is 0 Å². The number of halogens is 1. The summed E-state index contributed by atoms with van der Waals surface area (Å²) in [6, 6.07) is 3.64. The van der Waals surface area contributed by atoms with Gasteiger partial charge in [0.15, 0.2) is 0 Å². The first-order valence-electron chi connectivity index (χ1n) is 7.01. The topological polar surface area (TPSA) is 87.6 Å². The number of amides is 1. The van der Waals surface area contributed by atoms with Gasteiger partial charge in [-0.3, -0.25) is 9.69 Å². The van der Waals surface area contributed by atoms with Crippen molar-refractivity contribution in [2.24, 2.45) is 5.73 Å². The molecule has 1 fully saturated rings. The molecule has 21 heavy (non-hydrogen) atoms. The number of nitrogens with one attached hydrogen (secondary N) is 1.